The predicted octanol–water partition coefficient (Wildman–Crippen LogP) is 1.83. The van der Waals surface area contributed by atoms with Gasteiger partial charge in [-0.3, -0.25) is 0 Å². The van der Waals surface area contributed by atoms with Crippen LogP contribution in [0.15, 0.2) is 43.1 Å². The van der Waals surface area contributed by atoms with E-state index in [4.69, 9.17) is 0 Å². The molecule has 0 aliphatic carbocycles. The van der Waals surface area contributed by atoms with E-state index in [1.54, 1.807) is 12.7 Å². The van der Waals surface area contributed by atoms with Crippen LogP contribution in [0.4, 0.5) is 5.69 Å². The highest BCUT2D eigenvalue weighted by Crippen LogP contribution is 2.25. The van der Waals surface area contributed by atoms with Gasteiger partial charge in [-0.1, -0.05) is 12.1 Å². The molecule has 6 nitrogen and oxygen atoms in total. The zero-order chi connectivity index (χ0) is 13.9. The fourth-order valence-electron chi connectivity index (χ4n) is 2.10. The molecule has 102 valence electrons. The number of nitrogens with zero attached hydrogens (tertiary/aromatic N) is 5. The van der Waals surface area contributed by atoms with E-state index in [2.05, 4.69) is 20.5 Å². The van der Waals surface area contributed by atoms with E-state index in [1.165, 1.54) is 0 Å². The van der Waals surface area contributed by atoms with Crippen LogP contribution in [0.3, 0.4) is 0 Å². The Morgan fingerprint density at radius 3 is 2.65 bits per heavy atom. The lowest BCUT2D eigenvalue weighted by molar-refractivity contribution is 0.837. The summed E-state index contributed by atoms with van der Waals surface area (Å²) in [4.78, 5) is 4.12. The second-order valence-corrected chi connectivity index (χ2v) is 4.66. The highest BCUT2D eigenvalue weighted by atomic mass is 15.2. The number of nitrogens with one attached hydrogen (secondary N) is 1. The Balaban J connectivity index is 1.87. The van der Waals surface area contributed by atoms with Crippen molar-refractivity contribution in [2.75, 3.05) is 5.32 Å². The van der Waals surface area contributed by atoms with Crippen molar-refractivity contribution in [2.45, 2.75) is 6.54 Å². The highest BCUT2D eigenvalue weighted by Gasteiger charge is 2.09. The first kappa shape index (κ1) is 12.4. The molecule has 0 aliphatic rings. The van der Waals surface area contributed by atoms with Crippen LogP contribution in [-0.2, 0) is 20.6 Å². The minimum Gasteiger partial charge on any atom is -0.379 e. The SMILES string of the molecule is Cn1cncc1CNc1ccccc1-c1nncn1C. The smallest absolute Gasteiger partial charge is 0.165 e. The molecule has 0 aliphatic heterocycles. The Bertz CT molecular complexity index is 712. The van der Waals surface area contributed by atoms with E-state index < -0.39 is 0 Å². The second-order valence-electron chi connectivity index (χ2n) is 4.66. The quantitative estimate of drug-likeness (QED) is 0.784. The van der Waals surface area contributed by atoms with Crippen molar-refractivity contribution in [1.82, 2.24) is 24.3 Å². The first-order valence-electron chi connectivity index (χ1n) is 6.38. The molecular weight excluding hydrogens is 252 g/mol. The summed E-state index contributed by atoms with van der Waals surface area (Å²) in [5.74, 6) is 0.845. The number of rotatable bonds is 4. The maximum Gasteiger partial charge on any atom is 0.165 e. The molecule has 3 aromatic rings. The van der Waals surface area contributed by atoms with Gasteiger partial charge in [0, 0.05) is 31.5 Å². The zero-order valence-corrected chi connectivity index (χ0v) is 11.5. The maximum atomic E-state index is 4.16. The number of aromatic nitrogens is 5. The third kappa shape index (κ3) is 2.27. The molecule has 0 saturated heterocycles. The van der Waals surface area contributed by atoms with E-state index in [0.717, 1.165) is 22.8 Å². The largest absolute Gasteiger partial charge is 0.379 e. The molecule has 0 atom stereocenters. The third-order valence-corrected chi connectivity index (χ3v) is 3.26. The van der Waals surface area contributed by atoms with Crippen LogP contribution in [-0.4, -0.2) is 24.3 Å². The molecule has 1 aromatic carbocycles. The van der Waals surface area contributed by atoms with Crippen molar-refractivity contribution >= 4 is 5.69 Å². The number of para-hydroxylation sites is 1. The molecular formula is C14H16N6. The van der Waals surface area contributed by atoms with Gasteiger partial charge in [0.2, 0.25) is 0 Å². The summed E-state index contributed by atoms with van der Waals surface area (Å²) in [5, 5.41) is 11.5. The molecule has 2 aromatic heterocycles. The standard InChI is InChI=1S/C14H16N6/c1-19-9-15-7-11(19)8-16-13-6-4-3-5-12(13)14-18-17-10-20(14)2/h3-7,9-10,16H,8H2,1-2H3. The van der Waals surface area contributed by atoms with Crippen molar-refractivity contribution in [2.24, 2.45) is 14.1 Å². The lowest BCUT2D eigenvalue weighted by Gasteiger charge is -2.11. The fourth-order valence-corrected chi connectivity index (χ4v) is 2.10. The molecule has 0 fully saturated rings. The van der Waals surface area contributed by atoms with Crippen molar-refractivity contribution in [3.8, 4) is 11.4 Å². The minimum atomic E-state index is 0.714. The van der Waals surface area contributed by atoms with E-state index in [-0.39, 0.29) is 0 Å². The Morgan fingerprint density at radius 2 is 1.95 bits per heavy atom. The lowest BCUT2D eigenvalue weighted by atomic mass is 10.1. The van der Waals surface area contributed by atoms with Gasteiger partial charge in [0.05, 0.1) is 18.6 Å². The van der Waals surface area contributed by atoms with E-state index >= 15 is 0 Å². The van der Waals surface area contributed by atoms with Crippen molar-refractivity contribution in [3.63, 3.8) is 0 Å². The second kappa shape index (κ2) is 5.16. The Kier molecular flexibility index (Phi) is 3.20. The van der Waals surface area contributed by atoms with Crippen molar-refractivity contribution in [3.05, 3.63) is 48.8 Å². The molecule has 2 heterocycles. The summed E-state index contributed by atoms with van der Waals surface area (Å²) in [6.45, 7) is 0.714. The first-order valence-corrected chi connectivity index (χ1v) is 6.38. The molecule has 0 bridgehead atoms. The first-order chi connectivity index (χ1) is 9.75. The molecule has 0 unspecified atom stereocenters. The average Bonchev–Trinajstić information content (AvgIpc) is 3.06. The van der Waals surface area contributed by atoms with Crippen molar-refractivity contribution in [1.29, 1.82) is 0 Å². The number of aryl methyl sites for hydroxylation is 2. The topological polar surface area (TPSA) is 60.6 Å². The van der Waals surface area contributed by atoms with Gasteiger partial charge in [0.1, 0.15) is 6.33 Å². The minimum absolute atomic E-state index is 0.714. The summed E-state index contributed by atoms with van der Waals surface area (Å²) in [6, 6.07) is 8.08. The number of hydrogen-bond donors (Lipinski definition) is 1. The summed E-state index contributed by atoms with van der Waals surface area (Å²) < 4.78 is 3.91. The molecule has 20 heavy (non-hydrogen) atoms. The number of anilines is 1. The molecule has 0 saturated carbocycles. The zero-order valence-electron chi connectivity index (χ0n) is 11.5. The summed E-state index contributed by atoms with van der Waals surface area (Å²) in [5.41, 5.74) is 3.19. The molecule has 3 rings (SSSR count). The van der Waals surface area contributed by atoms with Gasteiger partial charge in [-0.15, -0.1) is 10.2 Å². The summed E-state index contributed by atoms with van der Waals surface area (Å²) >= 11 is 0. The van der Waals surface area contributed by atoms with Crippen LogP contribution >= 0.6 is 0 Å². The van der Waals surface area contributed by atoms with E-state index in [1.807, 2.05) is 53.7 Å². The highest BCUT2D eigenvalue weighted by molar-refractivity contribution is 5.73. The van der Waals surface area contributed by atoms with Crippen LogP contribution in [0.2, 0.25) is 0 Å². The number of imidazole rings is 1. The van der Waals surface area contributed by atoms with Gasteiger partial charge < -0.3 is 14.5 Å². The van der Waals surface area contributed by atoms with Gasteiger partial charge in [-0.2, -0.15) is 0 Å². The van der Waals surface area contributed by atoms with Crippen LogP contribution in [0.5, 0.6) is 0 Å². The average molecular weight is 268 g/mol. The van der Waals surface area contributed by atoms with Crippen LogP contribution < -0.4 is 5.32 Å². The van der Waals surface area contributed by atoms with Gasteiger partial charge in [-0.25, -0.2) is 4.98 Å². The molecule has 1 N–H and O–H groups in total. The van der Waals surface area contributed by atoms with Crippen LogP contribution in [0.1, 0.15) is 5.69 Å². The van der Waals surface area contributed by atoms with Gasteiger partial charge in [0.15, 0.2) is 5.82 Å². The number of benzene rings is 1. The summed E-state index contributed by atoms with van der Waals surface area (Å²) in [7, 11) is 3.92. The summed E-state index contributed by atoms with van der Waals surface area (Å²) in [6.07, 6.45) is 5.36. The monoisotopic (exact) mass is 268 g/mol. The van der Waals surface area contributed by atoms with Crippen LogP contribution in [0.25, 0.3) is 11.4 Å². The van der Waals surface area contributed by atoms with Crippen molar-refractivity contribution < 1.29 is 0 Å². The lowest BCUT2D eigenvalue weighted by Crippen LogP contribution is -2.05. The fraction of sp³-hybridized carbons (Fsp3) is 0.214. The third-order valence-electron chi connectivity index (χ3n) is 3.26. The molecule has 0 radical (unpaired) electrons. The Labute approximate surface area is 117 Å². The van der Waals surface area contributed by atoms with E-state index in [0.29, 0.717) is 6.54 Å². The van der Waals surface area contributed by atoms with Gasteiger partial charge >= 0.3 is 0 Å². The molecule has 0 spiro atoms. The van der Waals surface area contributed by atoms with Crippen LogP contribution in [0, 0.1) is 0 Å². The Hall–Kier alpha value is -2.63. The number of hydrogen-bond acceptors (Lipinski definition) is 4. The van der Waals surface area contributed by atoms with Gasteiger partial charge in [-0.05, 0) is 12.1 Å². The molecule has 6 heteroatoms. The molecule has 0 amide bonds. The van der Waals surface area contributed by atoms with Gasteiger partial charge in [0.25, 0.3) is 0 Å². The normalized spacial score (nSPS) is 10.7. The Morgan fingerprint density at radius 1 is 1.10 bits per heavy atom. The van der Waals surface area contributed by atoms with E-state index in [9.17, 15) is 0 Å². The predicted molar refractivity (Wildman–Crippen MR) is 77.0 cm³/mol. The maximum absolute atomic E-state index is 4.16.